The van der Waals surface area contributed by atoms with Crippen molar-refractivity contribution in [1.29, 1.82) is 0 Å². The van der Waals surface area contributed by atoms with Gasteiger partial charge in [0.05, 0.1) is 10.9 Å². The highest BCUT2D eigenvalue weighted by Gasteiger charge is 2.10. The molecule has 0 spiro atoms. The largest absolute Gasteiger partial charge is 0.465 e. The van der Waals surface area contributed by atoms with E-state index in [1.165, 1.54) is 0 Å². The summed E-state index contributed by atoms with van der Waals surface area (Å²) in [5, 5.41) is 11.5. The molecule has 2 N–H and O–H groups in total. The molecule has 0 aliphatic heterocycles. The molecule has 0 aliphatic carbocycles. The Kier molecular flexibility index (Phi) is 4.92. The third kappa shape index (κ3) is 3.59. The molecule has 0 atom stereocenters. The fraction of sp³-hybridized carbons (Fsp3) is 0.400. The molecule has 21 heavy (non-hydrogen) atoms. The molecule has 2 rings (SSSR count). The summed E-state index contributed by atoms with van der Waals surface area (Å²) in [5.41, 5.74) is 0.579. The molecule has 0 radical (unpaired) electrons. The minimum absolute atomic E-state index is 0.112. The minimum Gasteiger partial charge on any atom is -0.465 e. The normalized spacial score (nSPS) is 10.7. The molecule has 0 aliphatic rings. The summed E-state index contributed by atoms with van der Waals surface area (Å²) in [5.74, 6) is 0.715. The van der Waals surface area contributed by atoms with E-state index in [1.807, 2.05) is 12.1 Å². The standard InChI is InChI=1S/C15H19N3O3/c1-2-3-8-13-17-12-7-5-4-6-11(12)14(19)18(13)10-9-16-15(20)21/h4-7,16H,2-3,8-10H2,1H3,(H,20,21). The van der Waals surface area contributed by atoms with Crippen LogP contribution in [-0.4, -0.2) is 27.3 Å². The van der Waals surface area contributed by atoms with Gasteiger partial charge in [0.15, 0.2) is 0 Å². The van der Waals surface area contributed by atoms with E-state index < -0.39 is 6.09 Å². The van der Waals surface area contributed by atoms with E-state index in [1.54, 1.807) is 16.7 Å². The Bertz CT molecular complexity index is 694. The average molecular weight is 289 g/mol. The van der Waals surface area contributed by atoms with E-state index >= 15 is 0 Å². The van der Waals surface area contributed by atoms with Gasteiger partial charge in [-0.2, -0.15) is 0 Å². The lowest BCUT2D eigenvalue weighted by atomic mass is 10.2. The molecule has 2 aromatic rings. The smallest absolute Gasteiger partial charge is 0.404 e. The lowest BCUT2D eigenvalue weighted by Gasteiger charge is -2.13. The first-order chi connectivity index (χ1) is 10.1. The van der Waals surface area contributed by atoms with Crippen molar-refractivity contribution in [1.82, 2.24) is 14.9 Å². The summed E-state index contributed by atoms with van der Waals surface area (Å²) in [7, 11) is 0. The zero-order chi connectivity index (χ0) is 15.2. The molecular formula is C15H19N3O3. The Morgan fingerprint density at radius 3 is 2.86 bits per heavy atom. The van der Waals surface area contributed by atoms with Gasteiger partial charge in [0.25, 0.3) is 5.56 Å². The van der Waals surface area contributed by atoms with Gasteiger partial charge in [-0.15, -0.1) is 0 Å². The summed E-state index contributed by atoms with van der Waals surface area (Å²) >= 11 is 0. The maximum atomic E-state index is 12.5. The van der Waals surface area contributed by atoms with E-state index in [9.17, 15) is 9.59 Å². The zero-order valence-electron chi connectivity index (χ0n) is 12.0. The number of benzene rings is 1. The van der Waals surface area contributed by atoms with Crippen molar-refractivity contribution in [2.75, 3.05) is 6.54 Å². The Balaban J connectivity index is 2.40. The van der Waals surface area contributed by atoms with Gasteiger partial charge in [-0.05, 0) is 18.6 Å². The maximum absolute atomic E-state index is 12.5. The number of hydrogen-bond donors (Lipinski definition) is 2. The Morgan fingerprint density at radius 1 is 1.38 bits per heavy atom. The first-order valence-electron chi connectivity index (χ1n) is 7.08. The van der Waals surface area contributed by atoms with E-state index in [0.29, 0.717) is 29.7 Å². The van der Waals surface area contributed by atoms with Crippen LogP contribution in [0.25, 0.3) is 10.9 Å². The molecule has 1 amide bonds. The molecule has 0 saturated heterocycles. The summed E-state index contributed by atoms with van der Waals surface area (Å²) in [6.45, 7) is 2.56. The Hall–Kier alpha value is -2.37. The van der Waals surface area contributed by atoms with Gasteiger partial charge in [-0.1, -0.05) is 25.5 Å². The van der Waals surface area contributed by atoms with Gasteiger partial charge < -0.3 is 10.4 Å². The van der Waals surface area contributed by atoms with Gasteiger partial charge >= 0.3 is 6.09 Å². The molecule has 1 aromatic heterocycles. The molecule has 1 heterocycles. The number of unbranched alkanes of at least 4 members (excludes halogenated alkanes) is 1. The van der Waals surface area contributed by atoms with Crippen LogP contribution >= 0.6 is 0 Å². The zero-order valence-corrected chi connectivity index (χ0v) is 12.0. The second-order valence-corrected chi connectivity index (χ2v) is 4.84. The molecule has 0 bridgehead atoms. The number of carboxylic acid groups (broad SMARTS) is 1. The average Bonchev–Trinajstić information content (AvgIpc) is 2.47. The van der Waals surface area contributed by atoms with Gasteiger partial charge in [0.2, 0.25) is 0 Å². The molecule has 0 saturated carbocycles. The van der Waals surface area contributed by atoms with Crippen molar-refractivity contribution in [2.24, 2.45) is 0 Å². The van der Waals surface area contributed by atoms with Crippen LogP contribution in [0.3, 0.4) is 0 Å². The van der Waals surface area contributed by atoms with Crippen molar-refractivity contribution >= 4 is 17.0 Å². The van der Waals surface area contributed by atoms with Gasteiger partial charge in [-0.3, -0.25) is 9.36 Å². The lowest BCUT2D eigenvalue weighted by Crippen LogP contribution is -2.32. The third-order valence-corrected chi connectivity index (χ3v) is 3.31. The van der Waals surface area contributed by atoms with Crippen molar-refractivity contribution in [3.63, 3.8) is 0 Å². The molecule has 6 heteroatoms. The number of fused-ring (bicyclic) bond motifs is 1. The van der Waals surface area contributed by atoms with Crippen molar-refractivity contribution in [2.45, 2.75) is 32.7 Å². The summed E-state index contributed by atoms with van der Waals surface area (Å²) in [6.07, 6.45) is 1.57. The van der Waals surface area contributed by atoms with E-state index in [0.717, 1.165) is 12.8 Å². The van der Waals surface area contributed by atoms with Crippen LogP contribution in [0.1, 0.15) is 25.6 Å². The Morgan fingerprint density at radius 2 is 2.14 bits per heavy atom. The number of nitrogens with one attached hydrogen (secondary N) is 1. The third-order valence-electron chi connectivity index (χ3n) is 3.31. The second kappa shape index (κ2) is 6.88. The van der Waals surface area contributed by atoms with Gasteiger partial charge in [0.1, 0.15) is 5.82 Å². The first-order valence-corrected chi connectivity index (χ1v) is 7.08. The summed E-state index contributed by atoms with van der Waals surface area (Å²) < 4.78 is 1.58. The van der Waals surface area contributed by atoms with Crippen LogP contribution in [0, 0.1) is 0 Å². The van der Waals surface area contributed by atoms with Crippen molar-refractivity contribution < 1.29 is 9.90 Å². The van der Waals surface area contributed by atoms with E-state index in [2.05, 4.69) is 17.2 Å². The SMILES string of the molecule is CCCCc1nc2ccccc2c(=O)n1CCNC(=O)O. The number of rotatable bonds is 6. The van der Waals surface area contributed by atoms with E-state index in [-0.39, 0.29) is 12.1 Å². The molecule has 6 nitrogen and oxygen atoms in total. The fourth-order valence-corrected chi connectivity index (χ4v) is 2.24. The van der Waals surface area contributed by atoms with Crippen LogP contribution in [0.4, 0.5) is 4.79 Å². The number of carbonyl (C=O) groups is 1. The molecule has 0 fully saturated rings. The predicted molar refractivity (Wildman–Crippen MR) is 80.6 cm³/mol. The molecule has 112 valence electrons. The van der Waals surface area contributed by atoms with E-state index in [4.69, 9.17) is 5.11 Å². The van der Waals surface area contributed by atoms with Crippen LogP contribution in [0.15, 0.2) is 29.1 Å². The lowest BCUT2D eigenvalue weighted by molar-refractivity contribution is 0.194. The Labute approximate surface area is 122 Å². The highest BCUT2D eigenvalue weighted by Crippen LogP contribution is 2.09. The van der Waals surface area contributed by atoms with Crippen molar-refractivity contribution in [3.8, 4) is 0 Å². The van der Waals surface area contributed by atoms with Crippen LogP contribution in [0.2, 0.25) is 0 Å². The summed E-state index contributed by atoms with van der Waals surface area (Å²) in [4.78, 5) is 27.6. The predicted octanol–water partition coefficient (Wildman–Crippen LogP) is 2.01. The summed E-state index contributed by atoms with van der Waals surface area (Å²) in [6, 6.07) is 7.23. The topological polar surface area (TPSA) is 84.2 Å². The van der Waals surface area contributed by atoms with Crippen LogP contribution in [0.5, 0.6) is 0 Å². The monoisotopic (exact) mass is 289 g/mol. The minimum atomic E-state index is -1.09. The quantitative estimate of drug-likeness (QED) is 0.852. The fourth-order valence-electron chi connectivity index (χ4n) is 2.24. The highest BCUT2D eigenvalue weighted by atomic mass is 16.4. The van der Waals surface area contributed by atoms with Gasteiger partial charge in [0, 0.05) is 19.5 Å². The van der Waals surface area contributed by atoms with Gasteiger partial charge in [-0.25, -0.2) is 9.78 Å². The molecular weight excluding hydrogens is 270 g/mol. The number of aryl methyl sites for hydroxylation is 1. The number of para-hydroxylation sites is 1. The number of nitrogens with zero attached hydrogens (tertiary/aromatic N) is 2. The number of hydrogen-bond acceptors (Lipinski definition) is 3. The van der Waals surface area contributed by atoms with Crippen molar-refractivity contribution in [3.05, 3.63) is 40.4 Å². The maximum Gasteiger partial charge on any atom is 0.404 e. The number of aromatic nitrogens is 2. The molecule has 0 unspecified atom stereocenters. The second-order valence-electron chi connectivity index (χ2n) is 4.84. The van der Waals surface area contributed by atoms with Crippen LogP contribution < -0.4 is 10.9 Å². The highest BCUT2D eigenvalue weighted by molar-refractivity contribution is 5.77. The molecule has 1 aromatic carbocycles. The van der Waals surface area contributed by atoms with Crippen LogP contribution in [-0.2, 0) is 13.0 Å². The first kappa shape index (κ1) is 15.0. The number of amides is 1.